The summed E-state index contributed by atoms with van der Waals surface area (Å²) in [6.45, 7) is 3.72. The summed E-state index contributed by atoms with van der Waals surface area (Å²) >= 11 is 0.931. The van der Waals surface area contributed by atoms with E-state index in [1.807, 2.05) is 35.2 Å². The highest BCUT2D eigenvalue weighted by molar-refractivity contribution is 8.18. The molecular formula is C29H26FN3O3S. The van der Waals surface area contributed by atoms with Crippen molar-refractivity contribution in [3.05, 3.63) is 112 Å². The van der Waals surface area contributed by atoms with Gasteiger partial charge in [-0.1, -0.05) is 54.6 Å². The van der Waals surface area contributed by atoms with Crippen LogP contribution in [0.25, 0.3) is 6.08 Å². The summed E-state index contributed by atoms with van der Waals surface area (Å²) in [5.41, 5.74) is 3.28. The van der Waals surface area contributed by atoms with Crippen LogP contribution >= 0.6 is 11.8 Å². The fourth-order valence-electron chi connectivity index (χ4n) is 4.42. The van der Waals surface area contributed by atoms with Crippen LogP contribution in [0.2, 0.25) is 0 Å². The molecule has 188 valence electrons. The molecule has 0 unspecified atom stereocenters. The second kappa shape index (κ2) is 11.1. The molecule has 0 radical (unpaired) electrons. The number of piperazine rings is 1. The molecule has 0 spiro atoms. The molecule has 2 fully saturated rings. The second-order valence-corrected chi connectivity index (χ2v) is 10.1. The predicted molar refractivity (Wildman–Crippen MR) is 142 cm³/mol. The molecule has 2 heterocycles. The first-order valence-corrected chi connectivity index (χ1v) is 12.9. The molecule has 3 amide bonds. The van der Waals surface area contributed by atoms with E-state index < -0.39 is 0 Å². The zero-order valence-corrected chi connectivity index (χ0v) is 21.0. The molecule has 2 aliphatic rings. The third-order valence-electron chi connectivity index (χ3n) is 6.49. The van der Waals surface area contributed by atoms with Gasteiger partial charge in [-0.15, -0.1) is 0 Å². The van der Waals surface area contributed by atoms with Gasteiger partial charge in [-0.25, -0.2) is 4.39 Å². The third kappa shape index (κ3) is 5.98. The van der Waals surface area contributed by atoms with Gasteiger partial charge in [0.2, 0.25) is 0 Å². The molecule has 0 aromatic heterocycles. The Morgan fingerprint density at radius 3 is 2.14 bits per heavy atom. The topological polar surface area (TPSA) is 60.9 Å². The number of thioether (sulfide) groups is 1. The molecule has 5 rings (SSSR count). The Labute approximate surface area is 219 Å². The minimum atomic E-state index is -0.308. The van der Waals surface area contributed by atoms with Crippen LogP contribution < -0.4 is 0 Å². The first-order chi connectivity index (χ1) is 18.0. The molecule has 8 heteroatoms. The second-order valence-electron chi connectivity index (χ2n) is 9.07. The Balaban J connectivity index is 1.17. The Morgan fingerprint density at radius 2 is 1.46 bits per heavy atom. The lowest BCUT2D eigenvalue weighted by Gasteiger charge is -2.34. The number of nitrogens with zero attached hydrogens (tertiary/aromatic N) is 3. The van der Waals surface area contributed by atoms with E-state index in [2.05, 4.69) is 4.90 Å². The van der Waals surface area contributed by atoms with E-state index in [0.717, 1.165) is 48.1 Å². The summed E-state index contributed by atoms with van der Waals surface area (Å²) in [5, 5.41) is -0.287. The quantitative estimate of drug-likeness (QED) is 0.432. The monoisotopic (exact) mass is 515 g/mol. The molecule has 3 aromatic rings. The summed E-state index contributed by atoms with van der Waals surface area (Å²) in [4.78, 5) is 43.9. The van der Waals surface area contributed by atoms with Crippen LogP contribution in [0.1, 0.15) is 27.0 Å². The minimum absolute atomic E-state index is 0.0313. The van der Waals surface area contributed by atoms with Crippen LogP contribution in [0, 0.1) is 5.82 Å². The molecule has 0 bridgehead atoms. The summed E-state index contributed by atoms with van der Waals surface area (Å²) in [5.74, 6) is -0.581. The Kier molecular flexibility index (Phi) is 7.48. The number of benzene rings is 3. The van der Waals surface area contributed by atoms with Gasteiger partial charge in [0.1, 0.15) is 5.82 Å². The van der Waals surface area contributed by atoms with E-state index in [1.165, 1.54) is 17.0 Å². The van der Waals surface area contributed by atoms with Crippen molar-refractivity contribution in [1.29, 1.82) is 0 Å². The fraction of sp³-hybridized carbons (Fsp3) is 0.207. The molecule has 37 heavy (non-hydrogen) atoms. The largest absolute Gasteiger partial charge is 0.336 e. The molecule has 0 aliphatic carbocycles. The highest BCUT2D eigenvalue weighted by Crippen LogP contribution is 2.33. The van der Waals surface area contributed by atoms with Crippen LogP contribution in [-0.4, -0.2) is 57.9 Å². The van der Waals surface area contributed by atoms with Gasteiger partial charge in [0.25, 0.3) is 17.1 Å². The third-order valence-corrected chi connectivity index (χ3v) is 7.40. The van der Waals surface area contributed by atoms with E-state index >= 15 is 0 Å². The summed E-state index contributed by atoms with van der Waals surface area (Å²) in [7, 11) is 0. The maximum Gasteiger partial charge on any atom is 0.293 e. The van der Waals surface area contributed by atoms with Gasteiger partial charge in [0, 0.05) is 38.3 Å². The molecule has 6 nitrogen and oxygen atoms in total. The molecule has 2 aliphatic heterocycles. The summed E-state index contributed by atoms with van der Waals surface area (Å²) in [6.07, 6.45) is 1.69. The number of rotatable bonds is 6. The number of imide groups is 1. The molecule has 0 atom stereocenters. The minimum Gasteiger partial charge on any atom is -0.336 e. The molecular weight excluding hydrogens is 489 g/mol. The standard InChI is InChI=1S/C29H26FN3O3S/c30-25-12-8-23(9-13-25)19-31-14-16-32(17-15-31)27(34)24-10-6-21(7-11-24)18-26-28(35)33(29(36)37-26)20-22-4-2-1-3-5-22/h1-13,18H,14-17,19-20H2. The number of amides is 3. The van der Waals surface area contributed by atoms with Crippen molar-refractivity contribution >= 4 is 34.9 Å². The maximum atomic E-state index is 13.1. The predicted octanol–water partition coefficient (Wildman–Crippen LogP) is 5.02. The van der Waals surface area contributed by atoms with E-state index in [0.29, 0.717) is 23.6 Å². The molecule has 0 saturated carbocycles. The number of halogens is 1. The van der Waals surface area contributed by atoms with E-state index in [1.54, 1.807) is 42.5 Å². The first kappa shape index (κ1) is 24.9. The Morgan fingerprint density at radius 1 is 0.811 bits per heavy atom. The van der Waals surface area contributed by atoms with Gasteiger partial charge in [-0.2, -0.15) is 0 Å². The van der Waals surface area contributed by atoms with Crippen LogP contribution in [0.4, 0.5) is 9.18 Å². The van der Waals surface area contributed by atoms with Crippen molar-refractivity contribution in [2.45, 2.75) is 13.1 Å². The SMILES string of the molecule is O=C(c1ccc(C=C2SC(=O)N(Cc3ccccc3)C2=O)cc1)N1CCN(Cc2ccc(F)cc2)CC1. The van der Waals surface area contributed by atoms with Crippen LogP contribution in [0.3, 0.4) is 0 Å². The lowest BCUT2D eigenvalue weighted by Crippen LogP contribution is -2.48. The lowest BCUT2D eigenvalue weighted by atomic mass is 10.1. The summed E-state index contributed by atoms with van der Waals surface area (Å²) < 4.78 is 13.1. The van der Waals surface area contributed by atoms with Crippen LogP contribution in [-0.2, 0) is 17.9 Å². The van der Waals surface area contributed by atoms with Crippen molar-refractivity contribution in [3.8, 4) is 0 Å². The number of carbonyl (C=O) groups is 3. The molecule has 3 aromatic carbocycles. The number of hydrogen-bond donors (Lipinski definition) is 0. The Bertz CT molecular complexity index is 1320. The van der Waals surface area contributed by atoms with E-state index in [9.17, 15) is 18.8 Å². The van der Waals surface area contributed by atoms with Gasteiger partial charge in [0.05, 0.1) is 11.4 Å². The van der Waals surface area contributed by atoms with Crippen molar-refractivity contribution in [2.24, 2.45) is 0 Å². The van der Waals surface area contributed by atoms with Crippen molar-refractivity contribution in [2.75, 3.05) is 26.2 Å². The smallest absolute Gasteiger partial charge is 0.293 e. The summed E-state index contributed by atoms with van der Waals surface area (Å²) in [6, 6.07) is 23.0. The first-order valence-electron chi connectivity index (χ1n) is 12.1. The van der Waals surface area contributed by atoms with Crippen molar-refractivity contribution < 1.29 is 18.8 Å². The fourth-order valence-corrected chi connectivity index (χ4v) is 5.25. The average molecular weight is 516 g/mol. The van der Waals surface area contributed by atoms with Gasteiger partial charge in [-0.3, -0.25) is 24.2 Å². The van der Waals surface area contributed by atoms with E-state index in [4.69, 9.17) is 0 Å². The Hall–Kier alpha value is -3.75. The van der Waals surface area contributed by atoms with Crippen LogP contribution in [0.5, 0.6) is 0 Å². The highest BCUT2D eigenvalue weighted by Gasteiger charge is 2.35. The average Bonchev–Trinajstić information content (AvgIpc) is 3.18. The van der Waals surface area contributed by atoms with E-state index in [-0.39, 0.29) is 29.4 Å². The van der Waals surface area contributed by atoms with Gasteiger partial charge < -0.3 is 4.90 Å². The van der Waals surface area contributed by atoms with Crippen LogP contribution in [0.15, 0.2) is 83.8 Å². The van der Waals surface area contributed by atoms with Crippen molar-refractivity contribution in [3.63, 3.8) is 0 Å². The van der Waals surface area contributed by atoms with Gasteiger partial charge >= 0.3 is 0 Å². The maximum absolute atomic E-state index is 13.1. The zero-order chi connectivity index (χ0) is 25.8. The van der Waals surface area contributed by atoms with Crippen molar-refractivity contribution in [1.82, 2.24) is 14.7 Å². The zero-order valence-electron chi connectivity index (χ0n) is 20.2. The molecule has 0 N–H and O–H groups in total. The van der Waals surface area contributed by atoms with Gasteiger partial charge in [0.15, 0.2) is 0 Å². The highest BCUT2D eigenvalue weighted by atomic mass is 32.2. The van der Waals surface area contributed by atoms with Gasteiger partial charge in [-0.05, 0) is 58.8 Å². The lowest BCUT2D eigenvalue weighted by molar-refractivity contribution is -0.123. The number of carbonyl (C=O) groups excluding carboxylic acids is 3. The number of hydrogen-bond acceptors (Lipinski definition) is 5. The molecule has 2 saturated heterocycles. The normalized spacial score (nSPS) is 17.6.